The Morgan fingerprint density at radius 2 is 1.55 bits per heavy atom. The van der Waals surface area contributed by atoms with Gasteiger partial charge >= 0.3 is 0 Å². The molecule has 0 saturated heterocycles. The molecule has 0 heterocycles. The van der Waals surface area contributed by atoms with Crippen LogP contribution in [0.5, 0.6) is 17.2 Å². The minimum absolute atomic E-state index is 0.522. The summed E-state index contributed by atoms with van der Waals surface area (Å²) in [5.41, 5.74) is 1.42. The number of hydrogen-bond acceptors (Lipinski definition) is 4. The zero-order valence-corrected chi connectivity index (χ0v) is 13.9. The van der Waals surface area contributed by atoms with Crippen LogP contribution in [0.3, 0.4) is 0 Å². The Kier molecular flexibility index (Phi) is 5.52. The number of ether oxygens (including phenoxy) is 3. The molecular formula is C16H15Cl2NO3. The maximum absolute atomic E-state index is 6.12. The lowest BCUT2D eigenvalue weighted by Gasteiger charge is -2.12. The maximum Gasteiger partial charge on any atom is 0.203 e. The van der Waals surface area contributed by atoms with Crippen molar-refractivity contribution < 1.29 is 14.2 Å². The smallest absolute Gasteiger partial charge is 0.203 e. The van der Waals surface area contributed by atoms with E-state index in [0.717, 1.165) is 5.56 Å². The molecule has 0 aliphatic carbocycles. The first kappa shape index (κ1) is 16.5. The molecule has 0 spiro atoms. The van der Waals surface area contributed by atoms with Crippen molar-refractivity contribution >= 4 is 35.1 Å². The quantitative estimate of drug-likeness (QED) is 0.736. The molecule has 0 amide bonds. The molecule has 0 aliphatic heterocycles. The van der Waals surface area contributed by atoms with Crippen LogP contribution in [0.15, 0.2) is 35.3 Å². The van der Waals surface area contributed by atoms with Gasteiger partial charge in [0.1, 0.15) is 0 Å². The second-order valence-corrected chi connectivity index (χ2v) is 5.15. The van der Waals surface area contributed by atoms with E-state index in [2.05, 4.69) is 4.99 Å². The summed E-state index contributed by atoms with van der Waals surface area (Å²) in [5.74, 6) is 1.60. The van der Waals surface area contributed by atoms with Crippen molar-refractivity contribution in [2.45, 2.75) is 0 Å². The van der Waals surface area contributed by atoms with E-state index < -0.39 is 0 Å². The summed E-state index contributed by atoms with van der Waals surface area (Å²) in [6, 6.07) is 8.72. The molecule has 4 nitrogen and oxygen atoms in total. The second kappa shape index (κ2) is 7.38. The maximum atomic E-state index is 6.12. The van der Waals surface area contributed by atoms with E-state index in [0.29, 0.717) is 33.0 Å². The Morgan fingerprint density at radius 1 is 0.909 bits per heavy atom. The van der Waals surface area contributed by atoms with Crippen LogP contribution >= 0.6 is 23.2 Å². The molecule has 0 N–H and O–H groups in total. The Balaban J connectivity index is 2.38. The molecule has 22 heavy (non-hydrogen) atoms. The highest BCUT2D eigenvalue weighted by Crippen LogP contribution is 2.40. The summed E-state index contributed by atoms with van der Waals surface area (Å²) in [5, 5.41) is 1.11. The Labute approximate surface area is 139 Å². The lowest BCUT2D eigenvalue weighted by molar-refractivity contribution is 0.324. The van der Waals surface area contributed by atoms with E-state index in [1.54, 1.807) is 57.9 Å². The van der Waals surface area contributed by atoms with E-state index in [9.17, 15) is 0 Å². The molecule has 0 bridgehead atoms. The van der Waals surface area contributed by atoms with E-state index in [1.807, 2.05) is 0 Å². The van der Waals surface area contributed by atoms with Crippen molar-refractivity contribution in [3.63, 3.8) is 0 Å². The first-order valence-corrected chi connectivity index (χ1v) is 7.13. The average Bonchev–Trinajstić information content (AvgIpc) is 2.52. The first-order chi connectivity index (χ1) is 10.6. The minimum Gasteiger partial charge on any atom is -0.493 e. The summed E-state index contributed by atoms with van der Waals surface area (Å²) < 4.78 is 15.8. The van der Waals surface area contributed by atoms with Gasteiger partial charge in [0.05, 0.1) is 32.0 Å². The lowest BCUT2D eigenvalue weighted by Crippen LogP contribution is -1.94. The second-order valence-electron chi connectivity index (χ2n) is 4.31. The Bertz CT molecular complexity index is 677. The predicted molar refractivity (Wildman–Crippen MR) is 89.8 cm³/mol. The molecule has 2 aromatic rings. The number of hydrogen-bond donors (Lipinski definition) is 0. The van der Waals surface area contributed by atoms with Gasteiger partial charge in [-0.3, -0.25) is 4.99 Å². The van der Waals surface area contributed by atoms with E-state index in [-0.39, 0.29) is 0 Å². The first-order valence-electron chi connectivity index (χ1n) is 6.38. The fourth-order valence-electron chi connectivity index (χ4n) is 1.89. The predicted octanol–water partition coefficient (Wildman–Crippen LogP) is 4.77. The molecule has 0 fully saturated rings. The zero-order chi connectivity index (χ0) is 16.1. The van der Waals surface area contributed by atoms with Gasteiger partial charge in [0.25, 0.3) is 0 Å². The van der Waals surface area contributed by atoms with Gasteiger partial charge in [0.15, 0.2) is 11.5 Å². The van der Waals surface area contributed by atoms with Gasteiger partial charge < -0.3 is 14.2 Å². The Hall–Kier alpha value is -1.91. The zero-order valence-electron chi connectivity index (χ0n) is 12.4. The molecule has 2 aromatic carbocycles. The van der Waals surface area contributed by atoms with E-state index >= 15 is 0 Å². The van der Waals surface area contributed by atoms with Gasteiger partial charge in [-0.15, -0.1) is 0 Å². The molecule has 6 heteroatoms. The van der Waals surface area contributed by atoms with Crippen LogP contribution in [0.1, 0.15) is 5.56 Å². The van der Waals surface area contributed by atoms with Crippen molar-refractivity contribution in [3.8, 4) is 17.2 Å². The van der Waals surface area contributed by atoms with Crippen LogP contribution in [0.2, 0.25) is 10.0 Å². The fraction of sp³-hybridized carbons (Fsp3) is 0.188. The molecule has 2 rings (SSSR count). The van der Waals surface area contributed by atoms with E-state index in [4.69, 9.17) is 37.4 Å². The summed E-state index contributed by atoms with van der Waals surface area (Å²) in [6.07, 6.45) is 1.65. The van der Waals surface area contributed by atoms with Gasteiger partial charge in [-0.25, -0.2) is 0 Å². The van der Waals surface area contributed by atoms with Crippen molar-refractivity contribution in [2.24, 2.45) is 4.99 Å². The van der Waals surface area contributed by atoms with Crippen molar-refractivity contribution in [3.05, 3.63) is 45.9 Å². The summed E-state index contributed by atoms with van der Waals surface area (Å²) in [6.45, 7) is 0. The number of benzene rings is 2. The van der Waals surface area contributed by atoms with Crippen LogP contribution in [-0.4, -0.2) is 27.5 Å². The van der Waals surface area contributed by atoms with Crippen molar-refractivity contribution in [1.82, 2.24) is 0 Å². The highest BCUT2D eigenvalue weighted by atomic mass is 35.5. The largest absolute Gasteiger partial charge is 0.493 e. The highest BCUT2D eigenvalue weighted by molar-refractivity contribution is 6.36. The number of aliphatic imine (C=N–C) groups is 1. The van der Waals surface area contributed by atoms with Gasteiger partial charge in [0.2, 0.25) is 5.75 Å². The Morgan fingerprint density at radius 3 is 2.05 bits per heavy atom. The van der Waals surface area contributed by atoms with Gasteiger partial charge in [0, 0.05) is 28.9 Å². The van der Waals surface area contributed by atoms with Crippen LogP contribution in [0.25, 0.3) is 0 Å². The average molecular weight is 340 g/mol. The van der Waals surface area contributed by atoms with Gasteiger partial charge in [-0.2, -0.15) is 0 Å². The number of halogens is 2. The van der Waals surface area contributed by atoms with Crippen LogP contribution in [0.4, 0.5) is 5.69 Å². The monoisotopic (exact) mass is 339 g/mol. The standard InChI is InChI=1S/C16H15Cl2NO3/c1-20-14-7-12(8-15(21-2)16(14)22-3)19-9-10-4-5-11(17)6-13(10)18/h4-9H,1-3H3. The lowest BCUT2D eigenvalue weighted by atomic mass is 10.2. The van der Waals surface area contributed by atoms with Crippen LogP contribution < -0.4 is 14.2 Å². The van der Waals surface area contributed by atoms with Crippen molar-refractivity contribution in [2.75, 3.05) is 21.3 Å². The number of methoxy groups -OCH3 is 3. The third-order valence-electron chi connectivity index (χ3n) is 2.96. The molecule has 0 atom stereocenters. The molecule has 0 radical (unpaired) electrons. The molecule has 0 unspecified atom stereocenters. The van der Waals surface area contributed by atoms with Gasteiger partial charge in [-0.1, -0.05) is 29.3 Å². The topological polar surface area (TPSA) is 40.0 Å². The van der Waals surface area contributed by atoms with E-state index in [1.165, 1.54) is 0 Å². The molecule has 116 valence electrons. The molecule has 0 aromatic heterocycles. The number of rotatable bonds is 5. The van der Waals surface area contributed by atoms with Crippen molar-refractivity contribution in [1.29, 1.82) is 0 Å². The van der Waals surface area contributed by atoms with Crippen LogP contribution in [-0.2, 0) is 0 Å². The summed E-state index contributed by atoms with van der Waals surface area (Å²) >= 11 is 12.0. The third-order valence-corrected chi connectivity index (χ3v) is 3.53. The fourth-order valence-corrected chi connectivity index (χ4v) is 2.35. The SMILES string of the molecule is COc1cc(N=Cc2ccc(Cl)cc2Cl)cc(OC)c1OC. The third kappa shape index (κ3) is 3.64. The van der Waals surface area contributed by atoms with Crippen LogP contribution in [0, 0.1) is 0 Å². The van der Waals surface area contributed by atoms with Gasteiger partial charge in [-0.05, 0) is 12.1 Å². The summed E-state index contributed by atoms with van der Waals surface area (Å²) in [7, 11) is 4.67. The number of nitrogens with zero attached hydrogens (tertiary/aromatic N) is 1. The summed E-state index contributed by atoms with van der Waals surface area (Å²) in [4.78, 5) is 4.39. The minimum atomic E-state index is 0.522. The molecule has 0 saturated carbocycles. The molecule has 0 aliphatic rings. The normalized spacial score (nSPS) is 10.8. The highest BCUT2D eigenvalue weighted by Gasteiger charge is 2.12. The molecular weight excluding hydrogens is 325 g/mol.